The van der Waals surface area contributed by atoms with Crippen LogP contribution in [0.3, 0.4) is 0 Å². The summed E-state index contributed by atoms with van der Waals surface area (Å²) in [5.74, 6) is 1.92. The van der Waals surface area contributed by atoms with Gasteiger partial charge in [0.2, 0.25) is 5.95 Å². The number of benzene rings is 7. The maximum atomic E-state index is 5.09. The molecule has 0 aliphatic heterocycles. The molecule has 0 unspecified atom stereocenters. The van der Waals surface area contributed by atoms with Gasteiger partial charge in [-0.1, -0.05) is 121 Å². The van der Waals surface area contributed by atoms with Crippen LogP contribution in [0.2, 0.25) is 0 Å². The predicted molar refractivity (Wildman–Crippen MR) is 169 cm³/mol. The lowest BCUT2D eigenvalue weighted by Gasteiger charge is -2.11. The van der Waals surface area contributed by atoms with Gasteiger partial charge < -0.3 is 0 Å². The van der Waals surface area contributed by atoms with Crippen molar-refractivity contribution in [3.8, 4) is 28.7 Å². The van der Waals surface area contributed by atoms with E-state index in [1.54, 1.807) is 0 Å². The van der Waals surface area contributed by atoms with Crippen molar-refractivity contribution in [1.29, 1.82) is 0 Å². The molecule has 4 heteroatoms. The van der Waals surface area contributed by atoms with Crippen molar-refractivity contribution in [2.75, 3.05) is 0 Å². The van der Waals surface area contributed by atoms with Crippen LogP contribution in [-0.4, -0.2) is 19.5 Å². The highest BCUT2D eigenvalue weighted by molar-refractivity contribution is 6.37. The van der Waals surface area contributed by atoms with Crippen LogP contribution in [0.5, 0.6) is 0 Å². The molecule has 0 amide bonds. The molecule has 7 aromatic carbocycles. The summed E-state index contributed by atoms with van der Waals surface area (Å²) >= 11 is 0. The van der Waals surface area contributed by atoms with Gasteiger partial charge in [0.15, 0.2) is 11.6 Å². The Morgan fingerprint density at radius 2 is 0.902 bits per heavy atom. The molecule has 0 N–H and O–H groups in total. The molecule has 0 atom stereocenters. The standard InChI is InChI=1S/C37H22N4/c1-3-12-24(13-4-1)35-38-36(25-14-5-2-6-15-25)40-37(39-35)41-30-19-9-17-27-28-22-21-23-11-7-8-16-26(23)32(28)29-18-10-20-31(41)34(29)33(27)30/h1-22H. The average molecular weight is 523 g/mol. The van der Waals surface area contributed by atoms with E-state index in [0.717, 1.165) is 22.2 Å². The van der Waals surface area contributed by atoms with Crippen LogP contribution < -0.4 is 0 Å². The number of fused-ring (bicyclic) bond motifs is 5. The summed E-state index contributed by atoms with van der Waals surface area (Å²) in [6.45, 7) is 0. The first-order chi connectivity index (χ1) is 20.3. The minimum Gasteiger partial charge on any atom is -0.278 e. The Labute approximate surface area is 235 Å². The normalized spacial score (nSPS) is 11.9. The third kappa shape index (κ3) is 3.19. The van der Waals surface area contributed by atoms with Gasteiger partial charge >= 0.3 is 0 Å². The van der Waals surface area contributed by atoms with Crippen molar-refractivity contribution in [1.82, 2.24) is 19.5 Å². The summed E-state index contributed by atoms with van der Waals surface area (Å²) in [5.41, 5.74) is 4.10. The molecule has 9 rings (SSSR count). The Morgan fingerprint density at radius 1 is 0.366 bits per heavy atom. The van der Waals surface area contributed by atoms with Crippen LogP contribution in [0.4, 0.5) is 0 Å². The molecule has 0 aliphatic rings. The molecule has 0 spiro atoms. The second-order valence-electron chi connectivity index (χ2n) is 10.5. The fraction of sp³-hybridized carbons (Fsp3) is 0. The van der Waals surface area contributed by atoms with Crippen molar-refractivity contribution in [3.05, 3.63) is 133 Å². The van der Waals surface area contributed by atoms with Gasteiger partial charge in [-0.05, 0) is 44.5 Å². The van der Waals surface area contributed by atoms with Gasteiger partial charge in [-0.15, -0.1) is 0 Å². The largest absolute Gasteiger partial charge is 0.278 e. The second kappa shape index (κ2) is 8.44. The third-order valence-electron chi connectivity index (χ3n) is 8.19. The van der Waals surface area contributed by atoms with Crippen LogP contribution in [0.25, 0.3) is 82.8 Å². The minimum atomic E-state index is 0.614. The van der Waals surface area contributed by atoms with Gasteiger partial charge in [-0.25, -0.2) is 4.98 Å². The van der Waals surface area contributed by atoms with Gasteiger partial charge in [-0.2, -0.15) is 9.97 Å². The third-order valence-corrected chi connectivity index (χ3v) is 8.19. The van der Waals surface area contributed by atoms with Gasteiger partial charge in [0.05, 0.1) is 11.0 Å². The molecule has 2 aromatic heterocycles. The van der Waals surface area contributed by atoms with E-state index < -0.39 is 0 Å². The first kappa shape index (κ1) is 22.2. The molecular formula is C37H22N4. The van der Waals surface area contributed by atoms with E-state index in [0.29, 0.717) is 17.6 Å². The van der Waals surface area contributed by atoms with Crippen LogP contribution in [0.15, 0.2) is 133 Å². The Morgan fingerprint density at radius 3 is 1.59 bits per heavy atom. The zero-order valence-electron chi connectivity index (χ0n) is 22.0. The summed E-state index contributed by atoms with van der Waals surface area (Å²) in [4.78, 5) is 15.1. The highest BCUT2D eigenvalue weighted by atomic mass is 15.2. The summed E-state index contributed by atoms with van der Waals surface area (Å²) < 4.78 is 2.21. The fourth-order valence-electron chi connectivity index (χ4n) is 6.44. The first-order valence-electron chi connectivity index (χ1n) is 13.8. The zero-order valence-corrected chi connectivity index (χ0v) is 22.0. The van der Waals surface area contributed by atoms with E-state index >= 15 is 0 Å². The lowest BCUT2D eigenvalue weighted by molar-refractivity contribution is 0.954. The molecule has 0 saturated heterocycles. The molecule has 9 aromatic rings. The SMILES string of the molecule is c1ccc(-c2nc(-c3ccccc3)nc(-n3c4cccc5c6ccc7ccccc7c6c6cccc3c6c54)n2)cc1. The molecule has 0 fully saturated rings. The van der Waals surface area contributed by atoms with E-state index in [9.17, 15) is 0 Å². The zero-order chi connectivity index (χ0) is 26.9. The summed E-state index contributed by atoms with van der Waals surface area (Å²) in [7, 11) is 0. The Bertz CT molecular complexity index is 2350. The summed E-state index contributed by atoms with van der Waals surface area (Å²) in [6, 6.07) is 46.6. The minimum absolute atomic E-state index is 0.614. The topological polar surface area (TPSA) is 43.6 Å². The number of aromatic nitrogens is 4. The van der Waals surface area contributed by atoms with Crippen LogP contribution >= 0.6 is 0 Å². The van der Waals surface area contributed by atoms with Gasteiger partial charge in [-0.3, -0.25) is 4.57 Å². The lowest BCUT2D eigenvalue weighted by Crippen LogP contribution is -2.06. The highest BCUT2D eigenvalue weighted by Crippen LogP contribution is 2.45. The molecular weight excluding hydrogens is 500 g/mol. The van der Waals surface area contributed by atoms with E-state index in [4.69, 9.17) is 15.0 Å². The van der Waals surface area contributed by atoms with Crippen molar-refractivity contribution < 1.29 is 0 Å². The van der Waals surface area contributed by atoms with Crippen molar-refractivity contribution in [3.63, 3.8) is 0 Å². The molecule has 41 heavy (non-hydrogen) atoms. The van der Waals surface area contributed by atoms with Crippen LogP contribution in [-0.2, 0) is 0 Å². The molecule has 2 heterocycles. The summed E-state index contributed by atoms with van der Waals surface area (Å²) in [5, 5.41) is 10.0. The predicted octanol–water partition coefficient (Wildman–Crippen LogP) is 9.20. The van der Waals surface area contributed by atoms with E-state index in [-0.39, 0.29) is 0 Å². The molecule has 4 nitrogen and oxygen atoms in total. The Balaban J connectivity index is 1.44. The number of nitrogens with zero attached hydrogens (tertiary/aromatic N) is 4. The smallest absolute Gasteiger partial charge is 0.238 e. The quantitative estimate of drug-likeness (QED) is 0.217. The fourth-order valence-corrected chi connectivity index (χ4v) is 6.44. The Kier molecular flexibility index (Phi) is 4.58. The second-order valence-corrected chi connectivity index (χ2v) is 10.5. The van der Waals surface area contributed by atoms with E-state index in [2.05, 4.69) is 77.4 Å². The lowest BCUT2D eigenvalue weighted by atomic mass is 9.91. The molecule has 0 bridgehead atoms. The van der Waals surface area contributed by atoms with Crippen LogP contribution in [0.1, 0.15) is 0 Å². The van der Waals surface area contributed by atoms with Gasteiger partial charge in [0.1, 0.15) is 0 Å². The van der Waals surface area contributed by atoms with Crippen molar-refractivity contribution >= 4 is 54.1 Å². The molecule has 0 saturated carbocycles. The van der Waals surface area contributed by atoms with Gasteiger partial charge in [0.25, 0.3) is 0 Å². The van der Waals surface area contributed by atoms with Crippen molar-refractivity contribution in [2.45, 2.75) is 0 Å². The maximum absolute atomic E-state index is 5.09. The number of hydrogen-bond donors (Lipinski definition) is 0. The monoisotopic (exact) mass is 522 g/mol. The van der Waals surface area contributed by atoms with E-state index in [1.807, 2.05) is 60.7 Å². The molecule has 0 aliphatic carbocycles. The number of rotatable bonds is 3. The summed E-state index contributed by atoms with van der Waals surface area (Å²) in [6.07, 6.45) is 0. The number of hydrogen-bond acceptors (Lipinski definition) is 3. The van der Waals surface area contributed by atoms with Crippen LogP contribution in [0, 0.1) is 0 Å². The molecule has 190 valence electrons. The van der Waals surface area contributed by atoms with Gasteiger partial charge in [0, 0.05) is 21.9 Å². The molecule has 0 radical (unpaired) electrons. The van der Waals surface area contributed by atoms with Crippen molar-refractivity contribution in [2.24, 2.45) is 0 Å². The maximum Gasteiger partial charge on any atom is 0.238 e. The van der Waals surface area contributed by atoms with E-state index in [1.165, 1.54) is 43.1 Å². The highest BCUT2D eigenvalue weighted by Gasteiger charge is 2.22. The Hall–Kier alpha value is -5.61. The first-order valence-corrected chi connectivity index (χ1v) is 13.8. The average Bonchev–Trinajstić information content (AvgIpc) is 3.40.